The predicted octanol–water partition coefficient (Wildman–Crippen LogP) is 4.78. The van der Waals surface area contributed by atoms with Gasteiger partial charge in [0.15, 0.2) is 5.79 Å². The zero-order valence-corrected chi connectivity index (χ0v) is 18.3. The molecule has 0 radical (unpaired) electrons. The van der Waals surface area contributed by atoms with Crippen LogP contribution < -0.4 is 0 Å². The Balaban J connectivity index is 1.46. The Bertz CT molecular complexity index is 510. The van der Waals surface area contributed by atoms with Crippen LogP contribution in [0.5, 0.6) is 0 Å². The lowest BCUT2D eigenvalue weighted by atomic mass is 9.70. The first-order valence-corrected chi connectivity index (χ1v) is 11.2. The third-order valence-electron chi connectivity index (χ3n) is 7.32. The quantitative estimate of drug-likeness (QED) is 0.568. The van der Waals surface area contributed by atoms with Crippen molar-refractivity contribution in [3.63, 3.8) is 0 Å². The summed E-state index contributed by atoms with van der Waals surface area (Å²) in [6.45, 7) is 16.5. The fraction of sp³-hybridized carbons (Fsp3) is 0.913. The van der Waals surface area contributed by atoms with E-state index in [-0.39, 0.29) is 17.3 Å². The molecule has 156 valence electrons. The fourth-order valence-corrected chi connectivity index (χ4v) is 4.54. The zero-order chi connectivity index (χ0) is 19.5. The standard InChI is InChI=1S/C23H41NO3/c1-6-24(16-20-8-7-15-25-20)14-11-21-17-26-23(27-21)12-9-19(10-13-23)22(4,5)18(2)3/h9,18,20-21H,6-8,10-17H2,1-5H3. The van der Waals surface area contributed by atoms with Crippen molar-refractivity contribution in [1.29, 1.82) is 0 Å². The summed E-state index contributed by atoms with van der Waals surface area (Å²) in [6.07, 6.45) is 9.55. The van der Waals surface area contributed by atoms with Crippen LogP contribution in [0.1, 0.15) is 73.1 Å². The molecule has 3 atom stereocenters. The van der Waals surface area contributed by atoms with Gasteiger partial charge in [0, 0.05) is 32.5 Å². The van der Waals surface area contributed by atoms with Gasteiger partial charge in [-0.25, -0.2) is 0 Å². The first-order valence-electron chi connectivity index (χ1n) is 11.2. The molecule has 0 aromatic heterocycles. The Morgan fingerprint density at radius 2 is 2.11 bits per heavy atom. The highest BCUT2D eigenvalue weighted by Gasteiger charge is 2.44. The molecule has 4 nitrogen and oxygen atoms in total. The molecule has 0 saturated carbocycles. The van der Waals surface area contributed by atoms with Crippen molar-refractivity contribution in [3.8, 4) is 0 Å². The molecule has 0 bridgehead atoms. The van der Waals surface area contributed by atoms with Gasteiger partial charge in [0.25, 0.3) is 0 Å². The molecular formula is C23H41NO3. The number of ether oxygens (including phenoxy) is 3. The minimum atomic E-state index is -0.354. The normalized spacial score (nSPS) is 32.0. The van der Waals surface area contributed by atoms with Gasteiger partial charge in [-0.2, -0.15) is 0 Å². The number of hydrogen-bond acceptors (Lipinski definition) is 4. The minimum Gasteiger partial charge on any atom is -0.377 e. The molecule has 3 aliphatic rings. The summed E-state index contributed by atoms with van der Waals surface area (Å²) in [7, 11) is 0. The molecular weight excluding hydrogens is 338 g/mol. The number of hydrogen-bond donors (Lipinski definition) is 0. The van der Waals surface area contributed by atoms with Crippen molar-refractivity contribution in [1.82, 2.24) is 4.90 Å². The molecule has 0 aromatic rings. The molecule has 0 aromatic carbocycles. The highest BCUT2D eigenvalue weighted by atomic mass is 16.7. The topological polar surface area (TPSA) is 30.9 Å². The van der Waals surface area contributed by atoms with Crippen LogP contribution in [0.4, 0.5) is 0 Å². The maximum atomic E-state index is 6.45. The van der Waals surface area contributed by atoms with Crippen molar-refractivity contribution < 1.29 is 14.2 Å². The Morgan fingerprint density at radius 1 is 1.30 bits per heavy atom. The lowest BCUT2D eigenvalue weighted by Crippen LogP contribution is -2.37. The molecule has 1 spiro atoms. The van der Waals surface area contributed by atoms with E-state index in [1.165, 1.54) is 12.8 Å². The van der Waals surface area contributed by atoms with Crippen molar-refractivity contribution in [2.45, 2.75) is 91.1 Å². The van der Waals surface area contributed by atoms with Gasteiger partial charge in [0.05, 0.1) is 18.8 Å². The smallest absolute Gasteiger partial charge is 0.172 e. The van der Waals surface area contributed by atoms with E-state index in [2.05, 4.69) is 45.6 Å². The highest BCUT2D eigenvalue weighted by Crippen LogP contribution is 2.45. The lowest BCUT2D eigenvalue weighted by Gasteiger charge is -2.39. The van der Waals surface area contributed by atoms with Gasteiger partial charge < -0.3 is 19.1 Å². The molecule has 2 heterocycles. The summed E-state index contributed by atoms with van der Waals surface area (Å²) in [5, 5.41) is 0. The number of allylic oxidation sites excluding steroid dienone is 1. The zero-order valence-electron chi connectivity index (χ0n) is 18.3. The van der Waals surface area contributed by atoms with E-state index in [0.29, 0.717) is 12.0 Å². The van der Waals surface area contributed by atoms with Crippen molar-refractivity contribution in [2.75, 3.05) is 32.8 Å². The molecule has 4 heteroatoms. The fourth-order valence-electron chi connectivity index (χ4n) is 4.54. The summed E-state index contributed by atoms with van der Waals surface area (Å²) >= 11 is 0. The maximum Gasteiger partial charge on any atom is 0.172 e. The largest absolute Gasteiger partial charge is 0.377 e. The second-order valence-corrected chi connectivity index (χ2v) is 9.59. The van der Waals surface area contributed by atoms with Crippen LogP contribution in [-0.4, -0.2) is 55.7 Å². The van der Waals surface area contributed by atoms with E-state index in [0.717, 1.165) is 58.5 Å². The summed E-state index contributed by atoms with van der Waals surface area (Å²) in [5.41, 5.74) is 1.84. The lowest BCUT2D eigenvalue weighted by molar-refractivity contribution is -0.174. The Hall–Kier alpha value is -0.420. The van der Waals surface area contributed by atoms with Crippen LogP contribution >= 0.6 is 0 Å². The molecule has 2 saturated heterocycles. The number of likely N-dealkylation sites (N-methyl/N-ethyl adjacent to an activating group) is 1. The van der Waals surface area contributed by atoms with Crippen LogP contribution in [0, 0.1) is 11.3 Å². The van der Waals surface area contributed by atoms with Crippen LogP contribution in [-0.2, 0) is 14.2 Å². The molecule has 1 aliphatic carbocycles. The Morgan fingerprint density at radius 3 is 2.70 bits per heavy atom. The summed E-state index contributed by atoms with van der Waals surface area (Å²) < 4.78 is 18.5. The molecule has 2 aliphatic heterocycles. The third-order valence-corrected chi connectivity index (χ3v) is 7.32. The average Bonchev–Trinajstić information content (AvgIpc) is 3.29. The first kappa shape index (κ1) is 21.3. The van der Waals surface area contributed by atoms with Gasteiger partial charge in [0.1, 0.15) is 0 Å². The second-order valence-electron chi connectivity index (χ2n) is 9.59. The Labute approximate surface area is 166 Å². The molecule has 2 fully saturated rings. The third kappa shape index (κ3) is 5.14. The molecule has 3 unspecified atom stereocenters. The molecule has 0 N–H and O–H groups in total. The van der Waals surface area contributed by atoms with Gasteiger partial charge in [-0.1, -0.05) is 46.3 Å². The second kappa shape index (κ2) is 8.94. The van der Waals surface area contributed by atoms with E-state index in [9.17, 15) is 0 Å². The van der Waals surface area contributed by atoms with Gasteiger partial charge in [-0.15, -0.1) is 0 Å². The number of nitrogens with zero attached hydrogens (tertiary/aromatic N) is 1. The van der Waals surface area contributed by atoms with Crippen LogP contribution in [0.25, 0.3) is 0 Å². The average molecular weight is 380 g/mol. The SMILES string of the molecule is CCN(CCC1COC2(CC=C(C(C)(C)C(C)C)CC2)O1)CC1CCCO1. The van der Waals surface area contributed by atoms with Crippen molar-refractivity contribution in [3.05, 3.63) is 11.6 Å². The molecule has 27 heavy (non-hydrogen) atoms. The van der Waals surface area contributed by atoms with Gasteiger partial charge in [-0.05, 0) is 43.6 Å². The maximum absolute atomic E-state index is 6.45. The van der Waals surface area contributed by atoms with E-state index in [1.807, 2.05) is 0 Å². The molecule has 3 rings (SSSR count). The molecule has 0 amide bonds. The summed E-state index contributed by atoms with van der Waals surface area (Å²) in [6, 6.07) is 0. The van der Waals surface area contributed by atoms with Gasteiger partial charge in [-0.3, -0.25) is 0 Å². The summed E-state index contributed by atoms with van der Waals surface area (Å²) in [4.78, 5) is 2.51. The van der Waals surface area contributed by atoms with Crippen molar-refractivity contribution >= 4 is 0 Å². The Kier molecular flexibility index (Phi) is 7.05. The minimum absolute atomic E-state index is 0.233. The monoisotopic (exact) mass is 379 g/mol. The summed E-state index contributed by atoms with van der Waals surface area (Å²) in [5.74, 6) is 0.298. The van der Waals surface area contributed by atoms with Crippen LogP contribution in [0.15, 0.2) is 11.6 Å². The first-order chi connectivity index (χ1) is 12.8. The van der Waals surface area contributed by atoms with E-state index >= 15 is 0 Å². The van der Waals surface area contributed by atoms with Crippen molar-refractivity contribution in [2.24, 2.45) is 11.3 Å². The highest BCUT2D eigenvalue weighted by molar-refractivity contribution is 5.18. The van der Waals surface area contributed by atoms with E-state index in [4.69, 9.17) is 14.2 Å². The van der Waals surface area contributed by atoms with Crippen LogP contribution in [0.3, 0.4) is 0 Å². The van der Waals surface area contributed by atoms with Gasteiger partial charge in [0.2, 0.25) is 0 Å². The van der Waals surface area contributed by atoms with Crippen LogP contribution in [0.2, 0.25) is 0 Å². The number of rotatable bonds is 8. The predicted molar refractivity (Wildman–Crippen MR) is 110 cm³/mol. The van der Waals surface area contributed by atoms with Gasteiger partial charge >= 0.3 is 0 Å². The van der Waals surface area contributed by atoms with E-state index < -0.39 is 0 Å². The van der Waals surface area contributed by atoms with E-state index in [1.54, 1.807) is 5.57 Å².